The van der Waals surface area contributed by atoms with Crippen molar-refractivity contribution in [1.29, 1.82) is 0 Å². The number of benzene rings is 4. The summed E-state index contributed by atoms with van der Waals surface area (Å²) in [4.78, 5) is 30.9. The molecule has 5 atom stereocenters. The predicted octanol–water partition coefficient (Wildman–Crippen LogP) is 6.96. The zero-order valence-electron chi connectivity index (χ0n) is 30.3. The highest BCUT2D eigenvalue weighted by Gasteiger charge is 2.51. The van der Waals surface area contributed by atoms with Gasteiger partial charge in [-0.3, -0.25) is 14.5 Å². The van der Waals surface area contributed by atoms with Crippen molar-refractivity contribution in [3.8, 4) is 5.75 Å². The summed E-state index contributed by atoms with van der Waals surface area (Å²) < 4.78 is 12.4. The van der Waals surface area contributed by atoms with Gasteiger partial charge in [0, 0.05) is 18.7 Å². The number of hydrogen-bond acceptors (Lipinski definition) is 5. The summed E-state index contributed by atoms with van der Waals surface area (Å²) in [6, 6.07) is 33.0. The van der Waals surface area contributed by atoms with Gasteiger partial charge in [0.25, 0.3) is 0 Å². The average Bonchev–Trinajstić information content (AvgIpc) is 3.48. The van der Waals surface area contributed by atoms with Crippen molar-refractivity contribution in [2.45, 2.75) is 88.9 Å². The SMILES string of the molecule is COc1ccc([Si](C)(C)[C@H]2[C@H](C)[C@H](CCc3ccc(N4C(=O)CCc5ccccc54)cc3)O[C@@H]2CC(=O)N2Cc3ccccc3C[C@H]2CO)cc1. The van der Waals surface area contributed by atoms with E-state index in [-0.39, 0.29) is 48.1 Å². The minimum absolute atomic E-state index is 0.00349. The number of para-hydroxylation sites is 1. The molecular weight excluding hydrogens is 653 g/mol. The zero-order chi connectivity index (χ0) is 35.7. The van der Waals surface area contributed by atoms with E-state index in [0.717, 1.165) is 42.0 Å². The minimum Gasteiger partial charge on any atom is -0.497 e. The Morgan fingerprint density at radius 3 is 2.27 bits per heavy atom. The number of carbonyl (C=O) groups is 2. The van der Waals surface area contributed by atoms with Gasteiger partial charge in [-0.1, -0.05) is 91.9 Å². The molecule has 3 aliphatic heterocycles. The topological polar surface area (TPSA) is 79.3 Å². The van der Waals surface area contributed by atoms with Crippen LogP contribution in [-0.4, -0.2) is 61.9 Å². The number of amides is 2. The molecule has 7 rings (SSSR count). The van der Waals surface area contributed by atoms with Crippen LogP contribution >= 0.6 is 0 Å². The van der Waals surface area contributed by atoms with Crippen molar-refractivity contribution in [1.82, 2.24) is 4.90 Å². The number of nitrogens with zero attached hydrogens (tertiary/aromatic N) is 2. The van der Waals surface area contributed by atoms with Crippen LogP contribution in [0.1, 0.15) is 48.4 Å². The van der Waals surface area contributed by atoms with E-state index in [4.69, 9.17) is 9.47 Å². The van der Waals surface area contributed by atoms with E-state index in [0.29, 0.717) is 25.8 Å². The number of fused-ring (bicyclic) bond motifs is 2. The minimum atomic E-state index is -2.16. The number of aryl methyl sites for hydroxylation is 2. The lowest BCUT2D eigenvalue weighted by molar-refractivity contribution is -0.138. The van der Waals surface area contributed by atoms with Gasteiger partial charge in [0.1, 0.15) is 5.75 Å². The van der Waals surface area contributed by atoms with E-state index in [2.05, 4.69) is 74.6 Å². The molecule has 3 aliphatic rings. The van der Waals surface area contributed by atoms with E-state index in [1.54, 1.807) is 7.11 Å². The fraction of sp³-hybridized carbons (Fsp3) is 0.395. The number of aliphatic hydroxyl groups is 1. The van der Waals surface area contributed by atoms with Crippen LogP contribution in [0.3, 0.4) is 0 Å². The molecular formula is C43H50N2O5Si. The van der Waals surface area contributed by atoms with Gasteiger partial charge in [0.2, 0.25) is 11.8 Å². The smallest absolute Gasteiger partial charge is 0.231 e. The van der Waals surface area contributed by atoms with Crippen LogP contribution in [0, 0.1) is 5.92 Å². The maximum Gasteiger partial charge on any atom is 0.231 e. The molecule has 0 bridgehead atoms. The second-order valence-corrected chi connectivity index (χ2v) is 19.8. The van der Waals surface area contributed by atoms with Gasteiger partial charge in [-0.25, -0.2) is 0 Å². The third-order valence-corrected chi connectivity index (χ3v) is 16.2. The molecule has 1 fully saturated rings. The van der Waals surface area contributed by atoms with Gasteiger partial charge in [-0.15, -0.1) is 0 Å². The summed E-state index contributed by atoms with van der Waals surface area (Å²) in [5.74, 6) is 1.27. The summed E-state index contributed by atoms with van der Waals surface area (Å²) in [6.45, 7) is 7.59. The lowest BCUT2D eigenvalue weighted by Crippen LogP contribution is -2.52. The molecule has 1 saturated heterocycles. The number of anilines is 2. The zero-order valence-corrected chi connectivity index (χ0v) is 31.3. The van der Waals surface area contributed by atoms with E-state index in [1.807, 2.05) is 52.3 Å². The Morgan fingerprint density at radius 2 is 1.57 bits per heavy atom. The van der Waals surface area contributed by atoms with Crippen LogP contribution in [0.25, 0.3) is 0 Å². The molecule has 0 unspecified atom stereocenters. The lowest BCUT2D eigenvalue weighted by Gasteiger charge is -2.39. The molecule has 4 aromatic carbocycles. The highest BCUT2D eigenvalue weighted by Crippen LogP contribution is 2.47. The quantitative estimate of drug-likeness (QED) is 0.181. The number of aliphatic hydroxyl groups excluding tert-OH is 1. The Labute approximate surface area is 303 Å². The van der Waals surface area contributed by atoms with Crippen LogP contribution in [0.15, 0.2) is 97.1 Å². The first-order valence-electron chi connectivity index (χ1n) is 18.4. The van der Waals surface area contributed by atoms with Crippen molar-refractivity contribution in [3.05, 3.63) is 119 Å². The van der Waals surface area contributed by atoms with Crippen molar-refractivity contribution >= 4 is 36.4 Å². The molecule has 0 radical (unpaired) electrons. The van der Waals surface area contributed by atoms with Gasteiger partial charge in [-0.05, 0) is 89.7 Å². The maximum absolute atomic E-state index is 14.2. The predicted molar refractivity (Wildman–Crippen MR) is 205 cm³/mol. The maximum atomic E-state index is 14.2. The third kappa shape index (κ3) is 7.01. The van der Waals surface area contributed by atoms with Gasteiger partial charge in [0.05, 0.1) is 52.1 Å². The van der Waals surface area contributed by atoms with E-state index < -0.39 is 8.07 Å². The van der Waals surface area contributed by atoms with Crippen LogP contribution in [-0.2, 0) is 40.1 Å². The van der Waals surface area contributed by atoms with E-state index in [9.17, 15) is 14.7 Å². The molecule has 266 valence electrons. The Morgan fingerprint density at radius 1 is 0.882 bits per heavy atom. The number of ether oxygens (including phenoxy) is 2. The van der Waals surface area contributed by atoms with Gasteiger partial charge >= 0.3 is 0 Å². The standard InChI is InChI=1S/C43H50N2O5Si/c1-29-39(23-15-30-13-17-34(18-14-30)45-38-12-8-7-9-31(38)16-24-41(45)47)50-40(43(29)51(3,4)37-21-19-36(49-2)20-22-37)26-42(48)44-27-33-11-6-5-10-32(33)25-35(44)28-46/h5-14,17-22,29,35,39-40,43,46H,15-16,23-28H2,1-4H3/t29-,35+,39+,40-,43+/m1/s1. The second-order valence-electron chi connectivity index (χ2n) is 15.1. The molecule has 0 saturated carbocycles. The summed E-state index contributed by atoms with van der Waals surface area (Å²) in [7, 11) is -0.468. The highest BCUT2D eigenvalue weighted by atomic mass is 28.3. The molecule has 0 aromatic heterocycles. The van der Waals surface area contributed by atoms with Crippen LogP contribution < -0.4 is 14.8 Å². The normalized spacial score (nSPS) is 23.2. The number of methoxy groups -OCH3 is 1. The number of rotatable bonds is 10. The second kappa shape index (κ2) is 14.8. The fourth-order valence-corrected chi connectivity index (χ4v) is 13.1. The molecule has 51 heavy (non-hydrogen) atoms. The Bertz CT molecular complexity index is 1860. The molecule has 4 aromatic rings. The van der Waals surface area contributed by atoms with E-state index >= 15 is 0 Å². The average molecular weight is 703 g/mol. The van der Waals surface area contributed by atoms with E-state index in [1.165, 1.54) is 21.9 Å². The fourth-order valence-electron chi connectivity index (χ4n) is 9.01. The number of carbonyl (C=O) groups excluding carboxylic acids is 2. The first-order valence-corrected chi connectivity index (χ1v) is 21.5. The van der Waals surface area contributed by atoms with Gasteiger partial charge in [0.15, 0.2) is 0 Å². The third-order valence-electron chi connectivity index (χ3n) is 11.8. The monoisotopic (exact) mass is 702 g/mol. The molecule has 3 heterocycles. The summed E-state index contributed by atoms with van der Waals surface area (Å²) in [5, 5.41) is 11.7. The molecule has 0 spiro atoms. The van der Waals surface area contributed by atoms with Crippen LogP contribution in [0.2, 0.25) is 18.6 Å². The summed E-state index contributed by atoms with van der Waals surface area (Å²) in [6.07, 6.45) is 3.73. The molecule has 7 nitrogen and oxygen atoms in total. The highest BCUT2D eigenvalue weighted by molar-refractivity contribution is 6.91. The van der Waals surface area contributed by atoms with Crippen molar-refractivity contribution in [3.63, 3.8) is 0 Å². The van der Waals surface area contributed by atoms with Crippen molar-refractivity contribution < 1.29 is 24.2 Å². The summed E-state index contributed by atoms with van der Waals surface area (Å²) >= 11 is 0. The Kier molecular flexibility index (Phi) is 10.2. The van der Waals surface area contributed by atoms with Gasteiger partial charge < -0.3 is 19.5 Å². The molecule has 8 heteroatoms. The molecule has 2 amide bonds. The Balaban J connectivity index is 1.10. The first kappa shape index (κ1) is 35.2. The van der Waals surface area contributed by atoms with Crippen molar-refractivity contribution in [2.75, 3.05) is 18.6 Å². The van der Waals surface area contributed by atoms with Crippen LogP contribution in [0.5, 0.6) is 5.75 Å². The number of hydrogen-bond donors (Lipinski definition) is 1. The lowest BCUT2D eigenvalue weighted by atomic mass is 9.93. The summed E-state index contributed by atoms with van der Waals surface area (Å²) in [5.41, 5.74) is 6.85. The Hall–Kier alpha value is -4.24. The molecule has 0 aliphatic carbocycles. The first-order chi connectivity index (χ1) is 24.7. The largest absolute Gasteiger partial charge is 0.497 e. The van der Waals surface area contributed by atoms with Gasteiger partial charge in [-0.2, -0.15) is 0 Å². The van der Waals surface area contributed by atoms with Crippen LogP contribution in [0.4, 0.5) is 11.4 Å². The molecule has 1 N–H and O–H groups in total. The van der Waals surface area contributed by atoms with Crippen molar-refractivity contribution in [2.24, 2.45) is 5.92 Å².